The van der Waals surface area contributed by atoms with E-state index in [-0.39, 0.29) is 17.4 Å². The predicted molar refractivity (Wildman–Crippen MR) is 112 cm³/mol. The number of nitrogens with zero attached hydrogens (tertiary/aromatic N) is 4. The minimum atomic E-state index is 0.0200. The molecule has 2 aliphatic heterocycles. The average molecular weight is 407 g/mol. The van der Waals surface area contributed by atoms with E-state index < -0.39 is 0 Å². The first kappa shape index (κ1) is 18.2. The molecule has 5 heterocycles. The maximum atomic E-state index is 13.2. The van der Waals surface area contributed by atoms with Crippen LogP contribution < -0.4 is 5.56 Å². The summed E-state index contributed by atoms with van der Waals surface area (Å²) in [6.07, 6.45) is 2.75. The Hall–Kier alpha value is -2.80. The zero-order valence-corrected chi connectivity index (χ0v) is 17.3. The Morgan fingerprint density at radius 2 is 2.03 bits per heavy atom. The third-order valence-electron chi connectivity index (χ3n) is 5.90. The summed E-state index contributed by atoms with van der Waals surface area (Å²) in [6, 6.07) is 9.48. The van der Waals surface area contributed by atoms with Crippen LogP contribution in [-0.4, -0.2) is 38.4 Å². The number of likely N-dealkylation sites (tertiary alicyclic amines) is 1. The molecule has 0 aliphatic carbocycles. The van der Waals surface area contributed by atoms with Crippen molar-refractivity contribution in [2.45, 2.75) is 32.7 Å². The lowest BCUT2D eigenvalue weighted by Crippen LogP contribution is -2.49. The summed E-state index contributed by atoms with van der Waals surface area (Å²) in [5.41, 5.74) is 3.49. The number of thiazole rings is 1. The van der Waals surface area contributed by atoms with Crippen LogP contribution in [0.4, 0.5) is 0 Å². The predicted octanol–water partition coefficient (Wildman–Crippen LogP) is 3.24. The second-order valence-corrected chi connectivity index (χ2v) is 9.19. The summed E-state index contributed by atoms with van der Waals surface area (Å²) in [5, 5.41) is 0.917. The number of pyridine rings is 2. The molecule has 7 heteroatoms. The van der Waals surface area contributed by atoms with Gasteiger partial charge in [0.05, 0.1) is 16.4 Å². The third kappa shape index (κ3) is 3.19. The number of hydrogen-bond acceptors (Lipinski definition) is 5. The van der Waals surface area contributed by atoms with Crippen molar-refractivity contribution in [3.05, 3.63) is 68.2 Å². The van der Waals surface area contributed by atoms with E-state index in [9.17, 15) is 9.59 Å². The van der Waals surface area contributed by atoms with Gasteiger partial charge in [0.15, 0.2) is 0 Å². The van der Waals surface area contributed by atoms with Gasteiger partial charge in [-0.25, -0.2) is 4.98 Å². The molecule has 5 rings (SSSR count). The summed E-state index contributed by atoms with van der Waals surface area (Å²) in [5.74, 6) is 0.537. The van der Waals surface area contributed by atoms with Crippen molar-refractivity contribution >= 4 is 17.2 Å². The second-order valence-electron chi connectivity index (χ2n) is 7.99. The highest BCUT2D eigenvalue weighted by Crippen LogP contribution is 2.37. The van der Waals surface area contributed by atoms with Gasteiger partial charge < -0.3 is 9.47 Å². The Balaban J connectivity index is 1.49. The zero-order valence-electron chi connectivity index (χ0n) is 16.5. The summed E-state index contributed by atoms with van der Waals surface area (Å²) in [4.78, 5) is 37.5. The van der Waals surface area contributed by atoms with Gasteiger partial charge >= 0.3 is 0 Å². The van der Waals surface area contributed by atoms with E-state index in [1.165, 1.54) is 11.3 Å². The van der Waals surface area contributed by atoms with E-state index in [0.29, 0.717) is 25.6 Å². The van der Waals surface area contributed by atoms with Crippen molar-refractivity contribution in [2.24, 2.45) is 5.92 Å². The zero-order chi connectivity index (χ0) is 20.1. The maximum absolute atomic E-state index is 13.2. The van der Waals surface area contributed by atoms with E-state index in [1.807, 2.05) is 41.5 Å². The summed E-state index contributed by atoms with van der Waals surface area (Å²) < 4.78 is 1.90. The van der Waals surface area contributed by atoms with Gasteiger partial charge in [-0.3, -0.25) is 14.6 Å². The van der Waals surface area contributed by atoms with Crippen LogP contribution in [0.5, 0.6) is 0 Å². The Kier molecular flexibility index (Phi) is 4.35. The van der Waals surface area contributed by atoms with Crippen LogP contribution in [0.25, 0.3) is 11.3 Å². The molecule has 6 nitrogen and oxygen atoms in total. The van der Waals surface area contributed by atoms with E-state index in [4.69, 9.17) is 0 Å². The SMILES string of the molecule is Cc1nc(C)c(C(=O)N2C[C@@H]3C[C@H](C2)c2cc(-c4ccccn4)cc(=O)n2C3)s1. The van der Waals surface area contributed by atoms with Crippen LogP contribution in [0, 0.1) is 19.8 Å². The molecule has 0 N–H and O–H groups in total. The van der Waals surface area contributed by atoms with Gasteiger partial charge in [0.1, 0.15) is 4.88 Å². The number of aryl methyl sites for hydroxylation is 2. The fraction of sp³-hybridized carbons (Fsp3) is 0.364. The highest BCUT2D eigenvalue weighted by atomic mass is 32.1. The van der Waals surface area contributed by atoms with Gasteiger partial charge in [-0.05, 0) is 44.4 Å². The lowest BCUT2D eigenvalue weighted by atomic mass is 9.82. The fourth-order valence-electron chi connectivity index (χ4n) is 4.68. The molecule has 148 valence electrons. The normalized spacial score (nSPS) is 20.4. The minimum Gasteiger partial charge on any atom is -0.337 e. The largest absolute Gasteiger partial charge is 0.337 e. The Labute approximate surface area is 172 Å². The third-order valence-corrected chi connectivity index (χ3v) is 6.96. The van der Waals surface area contributed by atoms with E-state index in [2.05, 4.69) is 16.0 Å². The van der Waals surface area contributed by atoms with Crippen molar-refractivity contribution in [3.63, 3.8) is 0 Å². The van der Waals surface area contributed by atoms with Crippen molar-refractivity contribution in [2.75, 3.05) is 13.1 Å². The number of fused-ring (bicyclic) bond motifs is 4. The van der Waals surface area contributed by atoms with Crippen LogP contribution in [0.1, 0.15) is 38.4 Å². The van der Waals surface area contributed by atoms with Crippen LogP contribution in [0.2, 0.25) is 0 Å². The van der Waals surface area contributed by atoms with E-state index in [0.717, 1.165) is 39.0 Å². The number of amides is 1. The topological polar surface area (TPSA) is 68.1 Å². The standard InChI is InChI=1S/C22H22N4O2S/c1-13-21(29-14(2)24-13)22(28)25-10-15-7-17(12-25)19-8-16(9-20(27)26(19)11-15)18-5-3-4-6-23-18/h3-6,8-9,15,17H,7,10-12H2,1-2H3/t15-,17+/m0/s1. The van der Waals surface area contributed by atoms with Crippen LogP contribution in [0.15, 0.2) is 41.3 Å². The van der Waals surface area contributed by atoms with Gasteiger partial charge in [0.2, 0.25) is 0 Å². The molecule has 3 aromatic rings. The van der Waals surface area contributed by atoms with Gasteiger partial charge in [-0.15, -0.1) is 11.3 Å². The molecule has 0 saturated carbocycles. The average Bonchev–Trinajstić information content (AvgIpc) is 3.06. The molecule has 3 aromatic heterocycles. The van der Waals surface area contributed by atoms with Gasteiger partial charge in [-0.1, -0.05) is 6.07 Å². The second kappa shape index (κ2) is 6.91. The lowest BCUT2D eigenvalue weighted by Gasteiger charge is -2.42. The Bertz CT molecular complexity index is 1150. The van der Waals surface area contributed by atoms with Crippen molar-refractivity contribution in [3.8, 4) is 11.3 Å². The molecule has 1 fully saturated rings. The number of hydrogen-bond donors (Lipinski definition) is 0. The van der Waals surface area contributed by atoms with Gasteiger partial charge in [0.25, 0.3) is 11.5 Å². The first-order chi connectivity index (χ1) is 14.0. The summed E-state index contributed by atoms with van der Waals surface area (Å²) in [6.45, 7) is 5.82. The first-order valence-corrected chi connectivity index (χ1v) is 10.7. The Morgan fingerprint density at radius 1 is 1.17 bits per heavy atom. The molecule has 1 saturated heterocycles. The van der Waals surface area contributed by atoms with Gasteiger partial charge in [0, 0.05) is 49.1 Å². The first-order valence-electron chi connectivity index (χ1n) is 9.89. The van der Waals surface area contributed by atoms with Crippen molar-refractivity contribution < 1.29 is 4.79 Å². The maximum Gasteiger partial charge on any atom is 0.265 e. The fourth-order valence-corrected chi connectivity index (χ4v) is 5.57. The van der Waals surface area contributed by atoms with Crippen LogP contribution in [0.3, 0.4) is 0 Å². The molecule has 2 atom stereocenters. The molecule has 2 aliphatic rings. The molecule has 0 aromatic carbocycles. The molecule has 1 amide bonds. The lowest BCUT2D eigenvalue weighted by molar-refractivity contribution is 0.0598. The molecule has 29 heavy (non-hydrogen) atoms. The highest BCUT2D eigenvalue weighted by Gasteiger charge is 2.37. The van der Waals surface area contributed by atoms with Crippen molar-refractivity contribution in [1.82, 2.24) is 19.4 Å². The number of carbonyl (C=O) groups is 1. The number of piperidine rings is 1. The molecule has 0 unspecified atom stereocenters. The molecule has 2 bridgehead atoms. The number of rotatable bonds is 2. The summed E-state index contributed by atoms with van der Waals surface area (Å²) >= 11 is 1.47. The monoisotopic (exact) mass is 406 g/mol. The van der Waals surface area contributed by atoms with Crippen molar-refractivity contribution in [1.29, 1.82) is 0 Å². The molecular formula is C22H22N4O2S. The minimum absolute atomic E-state index is 0.0200. The van der Waals surface area contributed by atoms with Crippen LogP contribution in [-0.2, 0) is 6.54 Å². The smallest absolute Gasteiger partial charge is 0.265 e. The van der Waals surface area contributed by atoms with Gasteiger partial charge in [-0.2, -0.15) is 0 Å². The van der Waals surface area contributed by atoms with Crippen LogP contribution >= 0.6 is 11.3 Å². The van der Waals surface area contributed by atoms with E-state index in [1.54, 1.807) is 12.3 Å². The van der Waals surface area contributed by atoms with E-state index >= 15 is 0 Å². The number of aromatic nitrogens is 3. The summed E-state index contributed by atoms with van der Waals surface area (Å²) in [7, 11) is 0. The molecule has 0 radical (unpaired) electrons. The quantitative estimate of drug-likeness (QED) is 0.655. The molecular weight excluding hydrogens is 384 g/mol. The highest BCUT2D eigenvalue weighted by molar-refractivity contribution is 7.13. The number of carbonyl (C=O) groups excluding carboxylic acids is 1. The molecule has 0 spiro atoms. The Morgan fingerprint density at radius 3 is 2.76 bits per heavy atom.